The van der Waals surface area contributed by atoms with Crippen LogP contribution in [-0.4, -0.2) is 42.4 Å². The Morgan fingerprint density at radius 1 is 1.45 bits per heavy atom. The quantitative estimate of drug-likeness (QED) is 0.755. The molecular weight excluding hydrogens is 284 g/mol. The van der Waals surface area contributed by atoms with Gasteiger partial charge in [-0.15, -0.1) is 0 Å². The molecule has 1 amide bonds. The van der Waals surface area contributed by atoms with Crippen molar-refractivity contribution in [3.8, 4) is 0 Å². The number of rotatable bonds is 7. The van der Waals surface area contributed by atoms with Crippen LogP contribution in [0.5, 0.6) is 0 Å². The molecule has 0 aliphatic carbocycles. The largest absolute Gasteiger partial charge is 0.389 e. The minimum atomic E-state index is -2.40. The lowest BCUT2D eigenvalue weighted by Crippen LogP contribution is -2.28. The first-order chi connectivity index (χ1) is 9.40. The summed E-state index contributed by atoms with van der Waals surface area (Å²) in [6.45, 7) is -0.0951. The number of nitrogens with zero attached hydrogens (tertiary/aromatic N) is 1. The summed E-state index contributed by atoms with van der Waals surface area (Å²) >= 11 is 4.89. The number of thiocarbonyl (C=S) groups is 1. The number of benzene rings is 1. The van der Waals surface area contributed by atoms with Crippen molar-refractivity contribution < 1.29 is 13.6 Å². The van der Waals surface area contributed by atoms with Crippen LogP contribution in [0.3, 0.4) is 0 Å². The van der Waals surface area contributed by atoms with Gasteiger partial charge < -0.3 is 16.0 Å². The number of anilines is 1. The highest BCUT2D eigenvalue weighted by Gasteiger charge is 2.11. The Labute approximate surface area is 121 Å². The molecule has 20 heavy (non-hydrogen) atoms. The molecule has 0 aliphatic heterocycles. The zero-order chi connectivity index (χ0) is 15.1. The van der Waals surface area contributed by atoms with Gasteiger partial charge in [0.2, 0.25) is 5.91 Å². The van der Waals surface area contributed by atoms with Crippen LogP contribution >= 0.6 is 12.2 Å². The molecule has 0 aromatic heterocycles. The number of nitrogens with one attached hydrogen (secondary N) is 1. The highest BCUT2D eigenvalue weighted by molar-refractivity contribution is 7.80. The third kappa shape index (κ3) is 5.58. The van der Waals surface area contributed by atoms with Crippen molar-refractivity contribution in [3.05, 3.63) is 29.8 Å². The molecule has 0 radical (unpaired) electrons. The third-order valence-electron chi connectivity index (χ3n) is 2.64. The Bertz CT molecular complexity index is 482. The lowest BCUT2D eigenvalue weighted by atomic mass is 10.1. The van der Waals surface area contributed by atoms with Crippen molar-refractivity contribution in [1.29, 1.82) is 0 Å². The summed E-state index contributed by atoms with van der Waals surface area (Å²) in [6.07, 6.45) is -2.28. The Hall–Kier alpha value is -1.60. The van der Waals surface area contributed by atoms with Gasteiger partial charge in [0, 0.05) is 18.5 Å². The molecule has 0 bridgehead atoms. The van der Waals surface area contributed by atoms with Crippen LogP contribution in [0.4, 0.5) is 14.5 Å². The van der Waals surface area contributed by atoms with Gasteiger partial charge in [0.25, 0.3) is 6.43 Å². The zero-order valence-corrected chi connectivity index (χ0v) is 11.9. The zero-order valence-electron chi connectivity index (χ0n) is 11.1. The molecule has 0 fully saturated rings. The van der Waals surface area contributed by atoms with E-state index in [4.69, 9.17) is 18.0 Å². The molecular formula is C13H17F2N3OS. The van der Waals surface area contributed by atoms with E-state index in [1.165, 1.54) is 4.90 Å². The minimum Gasteiger partial charge on any atom is -0.389 e. The van der Waals surface area contributed by atoms with Gasteiger partial charge in [-0.25, -0.2) is 8.78 Å². The molecule has 1 aromatic rings. The number of halogens is 2. The van der Waals surface area contributed by atoms with E-state index in [-0.39, 0.29) is 30.4 Å². The normalized spacial score (nSPS) is 10.8. The van der Waals surface area contributed by atoms with Crippen molar-refractivity contribution in [1.82, 2.24) is 4.90 Å². The minimum absolute atomic E-state index is 0.120. The smallest absolute Gasteiger partial charge is 0.251 e. The molecule has 0 saturated heterocycles. The Balaban J connectivity index is 2.53. The summed E-state index contributed by atoms with van der Waals surface area (Å²) in [6, 6.07) is 6.91. The number of carbonyl (C=O) groups is 1. The highest BCUT2D eigenvalue weighted by Crippen LogP contribution is 2.15. The molecule has 0 atom stereocenters. The van der Waals surface area contributed by atoms with Crippen LogP contribution in [0.25, 0.3) is 0 Å². The SMILES string of the molecule is CN(CCC(=O)Nc1ccccc1C(N)=S)CC(F)F. The molecule has 110 valence electrons. The molecule has 0 unspecified atom stereocenters. The van der Waals surface area contributed by atoms with Gasteiger partial charge in [-0.2, -0.15) is 0 Å². The van der Waals surface area contributed by atoms with Crippen molar-refractivity contribution in [2.24, 2.45) is 5.73 Å². The molecule has 0 saturated carbocycles. The van der Waals surface area contributed by atoms with Gasteiger partial charge in [0.05, 0.1) is 12.2 Å². The second-order valence-corrected chi connectivity index (χ2v) is 4.80. The van der Waals surface area contributed by atoms with Crippen molar-refractivity contribution in [3.63, 3.8) is 0 Å². The van der Waals surface area contributed by atoms with E-state index in [9.17, 15) is 13.6 Å². The predicted octanol–water partition coefficient (Wildman–Crippen LogP) is 1.85. The fourth-order valence-electron chi connectivity index (χ4n) is 1.64. The molecule has 0 aliphatic rings. The van der Waals surface area contributed by atoms with Gasteiger partial charge in [-0.1, -0.05) is 24.4 Å². The summed E-state index contributed by atoms with van der Waals surface area (Å²) in [5, 5.41) is 2.68. The first-order valence-electron chi connectivity index (χ1n) is 6.05. The fourth-order valence-corrected chi connectivity index (χ4v) is 1.82. The van der Waals surface area contributed by atoms with Crippen molar-refractivity contribution in [2.45, 2.75) is 12.8 Å². The summed E-state index contributed by atoms with van der Waals surface area (Å²) in [5.41, 5.74) is 6.67. The monoisotopic (exact) mass is 301 g/mol. The van der Waals surface area contributed by atoms with Crippen LogP contribution in [0.15, 0.2) is 24.3 Å². The number of alkyl halides is 2. The summed E-state index contributed by atoms with van der Waals surface area (Å²) in [5.74, 6) is -0.269. The molecule has 0 spiro atoms. The van der Waals surface area contributed by atoms with E-state index >= 15 is 0 Å². The van der Waals surface area contributed by atoms with Crippen LogP contribution < -0.4 is 11.1 Å². The van der Waals surface area contributed by atoms with Gasteiger partial charge >= 0.3 is 0 Å². The number of hydrogen-bond acceptors (Lipinski definition) is 3. The van der Waals surface area contributed by atoms with Crippen LogP contribution in [0.1, 0.15) is 12.0 Å². The Morgan fingerprint density at radius 3 is 2.70 bits per heavy atom. The lowest BCUT2D eigenvalue weighted by molar-refractivity contribution is -0.116. The van der Waals surface area contributed by atoms with E-state index < -0.39 is 6.43 Å². The second kappa shape index (κ2) is 7.86. The number of amides is 1. The van der Waals surface area contributed by atoms with Crippen molar-refractivity contribution in [2.75, 3.05) is 25.5 Å². The van der Waals surface area contributed by atoms with E-state index in [0.717, 1.165) is 0 Å². The van der Waals surface area contributed by atoms with Gasteiger partial charge in [-0.3, -0.25) is 4.79 Å². The van der Waals surface area contributed by atoms with Gasteiger partial charge in [0.15, 0.2) is 0 Å². The maximum atomic E-state index is 12.1. The second-order valence-electron chi connectivity index (χ2n) is 4.36. The van der Waals surface area contributed by atoms with Crippen molar-refractivity contribution >= 4 is 28.8 Å². The van der Waals surface area contributed by atoms with E-state index in [1.807, 2.05) is 0 Å². The predicted molar refractivity (Wildman–Crippen MR) is 79.1 cm³/mol. The first kappa shape index (κ1) is 16.5. The van der Waals surface area contributed by atoms with E-state index in [0.29, 0.717) is 11.3 Å². The fraction of sp³-hybridized carbons (Fsp3) is 0.385. The maximum absolute atomic E-state index is 12.1. The number of nitrogens with two attached hydrogens (primary N) is 1. The van der Waals surface area contributed by atoms with E-state index in [2.05, 4.69) is 5.32 Å². The molecule has 7 heteroatoms. The maximum Gasteiger partial charge on any atom is 0.251 e. The summed E-state index contributed by atoms with van der Waals surface area (Å²) < 4.78 is 24.3. The topological polar surface area (TPSA) is 58.4 Å². The third-order valence-corrected chi connectivity index (χ3v) is 2.86. The molecule has 4 nitrogen and oxygen atoms in total. The molecule has 0 heterocycles. The lowest BCUT2D eigenvalue weighted by Gasteiger charge is -2.16. The van der Waals surface area contributed by atoms with Crippen LogP contribution in [0.2, 0.25) is 0 Å². The van der Waals surface area contributed by atoms with Gasteiger partial charge in [-0.05, 0) is 19.2 Å². The molecule has 1 aromatic carbocycles. The highest BCUT2D eigenvalue weighted by atomic mass is 32.1. The summed E-state index contributed by atoms with van der Waals surface area (Å²) in [7, 11) is 1.54. The number of carbonyl (C=O) groups excluding carboxylic acids is 1. The van der Waals surface area contributed by atoms with E-state index in [1.54, 1.807) is 31.3 Å². The first-order valence-corrected chi connectivity index (χ1v) is 6.46. The van der Waals surface area contributed by atoms with Crippen LogP contribution in [0, 0.1) is 0 Å². The Kier molecular flexibility index (Phi) is 6.47. The molecule has 3 N–H and O–H groups in total. The van der Waals surface area contributed by atoms with Gasteiger partial charge in [0.1, 0.15) is 4.99 Å². The Morgan fingerprint density at radius 2 is 2.10 bits per heavy atom. The number of para-hydroxylation sites is 1. The average molecular weight is 301 g/mol. The van der Waals surface area contributed by atoms with Crippen LogP contribution in [-0.2, 0) is 4.79 Å². The standard InChI is InChI=1S/C13H17F2N3OS/c1-18(8-11(14)15)7-6-12(19)17-10-5-3-2-4-9(10)13(16)20/h2-5,11H,6-8H2,1H3,(H2,16,20)(H,17,19). The summed E-state index contributed by atoms with van der Waals surface area (Å²) in [4.78, 5) is 13.4. The molecule has 1 rings (SSSR count). The average Bonchev–Trinajstić information content (AvgIpc) is 2.36. The number of hydrogen-bond donors (Lipinski definition) is 2.